The van der Waals surface area contributed by atoms with Crippen LogP contribution in [0.3, 0.4) is 0 Å². The van der Waals surface area contributed by atoms with E-state index in [1.165, 1.54) is 5.56 Å². The summed E-state index contributed by atoms with van der Waals surface area (Å²) in [6, 6.07) is 2.11. The third-order valence-corrected chi connectivity index (χ3v) is 3.43. The maximum atomic E-state index is 5.50. The Balaban J connectivity index is 2.18. The molecule has 0 aliphatic carbocycles. The van der Waals surface area contributed by atoms with Crippen molar-refractivity contribution in [2.45, 2.75) is 20.0 Å². The number of anilines is 1. The Bertz CT molecular complexity index is 356. The van der Waals surface area contributed by atoms with Crippen LogP contribution in [-0.2, 0) is 4.74 Å². The molecule has 82 valence electrons. The van der Waals surface area contributed by atoms with E-state index < -0.39 is 0 Å². The fraction of sp³-hybridized carbons (Fsp3) is 0.545. The highest BCUT2D eigenvalue weighted by atomic mass is 79.9. The summed E-state index contributed by atoms with van der Waals surface area (Å²) < 4.78 is 6.57. The number of morpholine rings is 1. The van der Waals surface area contributed by atoms with Crippen molar-refractivity contribution in [1.29, 1.82) is 0 Å². The summed E-state index contributed by atoms with van der Waals surface area (Å²) in [6.07, 6.45) is 2.16. The third kappa shape index (κ3) is 2.49. The van der Waals surface area contributed by atoms with Gasteiger partial charge in [-0.1, -0.05) is 0 Å². The molecule has 15 heavy (non-hydrogen) atoms. The smallest absolute Gasteiger partial charge is 0.128 e. The van der Waals surface area contributed by atoms with Crippen molar-refractivity contribution in [2.24, 2.45) is 0 Å². The minimum absolute atomic E-state index is 0.296. The fourth-order valence-electron chi connectivity index (χ4n) is 1.72. The fourth-order valence-corrected chi connectivity index (χ4v) is 1.94. The summed E-state index contributed by atoms with van der Waals surface area (Å²) in [7, 11) is 0. The van der Waals surface area contributed by atoms with Gasteiger partial charge in [0.05, 0.1) is 12.7 Å². The summed E-state index contributed by atoms with van der Waals surface area (Å²) in [5.41, 5.74) is 1.22. The van der Waals surface area contributed by atoms with Crippen molar-refractivity contribution in [3.8, 4) is 0 Å². The minimum atomic E-state index is 0.296. The van der Waals surface area contributed by atoms with E-state index in [-0.39, 0.29) is 0 Å². The van der Waals surface area contributed by atoms with Crippen molar-refractivity contribution >= 4 is 21.7 Å². The van der Waals surface area contributed by atoms with Gasteiger partial charge in [0.1, 0.15) is 5.82 Å². The van der Waals surface area contributed by atoms with E-state index in [1.807, 2.05) is 6.20 Å². The number of halogens is 1. The zero-order chi connectivity index (χ0) is 10.8. The Morgan fingerprint density at radius 1 is 1.60 bits per heavy atom. The molecule has 1 saturated heterocycles. The lowest BCUT2D eigenvalue weighted by atomic mass is 10.2. The maximum absolute atomic E-state index is 5.50. The standard InChI is InChI=1S/C11H15BrN2O/c1-8-5-11(13-6-10(8)12)14-3-4-15-9(2)7-14/h5-6,9H,3-4,7H2,1-2H3/t9-/m0/s1. The Morgan fingerprint density at radius 2 is 2.40 bits per heavy atom. The molecule has 0 saturated carbocycles. The van der Waals surface area contributed by atoms with Crippen LogP contribution in [0.4, 0.5) is 5.82 Å². The van der Waals surface area contributed by atoms with Crippen LogP contribution in [0.1, 0.15) is 12.5 Å². The van der Waals surface area contributed by atoms with E-state index in [2.05, 4.69) is 45.7 Å². The third-order valence-electron chi connectivity index (χ3n) is 2.60. The number of pyridine rings is 1. The van der Waals surface area contributed by atoms with Crippen molar-refractivity contribution in [2.75, 3.05) is 24.6 Å². The average Bonchev–Trinajstić information content (AvgIpc) is 2.22. The number of hydrogen-bond acceptors (Lipinski definition) is 3. The molecule has 1 atom stereocenters. The average molecular weight is 271 g/mol. The van der Waals surface area contributed by atoms with E-state index in [0.29, 0.717) is 6.10 Å². The minimum Gasteiger partial charge on any atom is -0.375 e. The molecule has 1 aromatic rings. The van der Waals surface area contributed by atoms with Gasteiger partial charge in [-0.25, -0.2) is 4.98 Å². The molecule has 1 aromatic heterocycles. The Kier molecular flexibility index (Phi) is 3.26. The number of hydrogen-bond donors (Lipinski definition) is 0. The molecule has 0 unspecified atom stereocenters. The van der Waals surface area contributed by atoms with Gasteiger partial charge in [0.25, 0.3) is 0 Å². The summed E-state index contributed by atoms with van der Waals surface area (Å²) in [6.45, 7) is 6.82. The summed E-state index contributed by atoms with van der Waals surface area (Å²) in [5, 5.41) is 0. The summed E-state index contributed by atoms with van der Waals surface area (Å²) in [4.78, 5) is 6.69. The van der Waals surface area contributed by atoms with Crippen molar-refractivity contribution in [3.63, 3.8) is 0 Å². The van der Waals surface area contributed by atoms with Crippen LogP contribution < -0.4 is 4.90 Å². The molecule has 1 aliphatic heterocycles. The highest BCUT2D eigenvalue weighted by Gasteiger charge is 2.17. The topological polar surface area (TPSA) is 25.4 Å². The Labute approximate surface area is 98.6 Å². The monoisotopic (exact) mass is 270 g/mol. The van der Waals surface area contributed by atoms with Crippen LogP contribution in [-0.4, -0.2) is 30.8 Å². The van der Waals surface area contributed by atoms with Gasteiger partial charge in [-0.05, 0) is 41.4 Å². The number of aryl methyl sites for hydroxylation is 1. The molecule has 1 aliphatic rings. The first-order valence-corrected chi connectivity index (χ1v) is 5.95. The molecular formula is C11H15BrN2O. The summed E-state index contributed by atoms with van der Waals surface area (Å²) >= 11 is 3.46. The number of rotatable bonds is 1. The van der Waals surface area contributed by atoms with Crippen LogP contribution in [0.15, 0.2) is 16.7 Å². The molecule has 0 radical (unpaired) electrons. The van der Waals surface area contributed by atoms with Gasteiger partial charge < -0.3 is 9.64 Å². The van der Waals surface area contributed by atoms with Crippen molar-refractivity contribution in [3.05, 3.63) is 22.3 Å². The van der Waals surface area contributed by atoms with Gasteiger partial charge in [0.2, 0.25) is 0 Å². The van der Waals surface area contributed by atoms with Crippen LogP contribution in [0.25, 0.3) is 0 Å². The van der Waals surface area contributed by atoms with Crippen LogP contribution in [0, 0.1) is 6.92 Å². The van der Waals surface area contributed by atoms with Crippen LogP contribution in [0.2, 0.25) is 0 Å². The second-order valence-electron chi connectivity index (χ2n) is 3.92. The molecule has 2 rings (SSSR count). The largest absolute Gasteiger partial charge is 0.375 e. The quantitative estimate of drug-likeness (QED) is 0.784. The van der Waals surface area contributed by atoms with Gasteiger partial charge in [0.15, 0.2) is 0 Å². The van der Waals surface area contributed by atoms with E-state index in [0.717, 1.165) is 30.0 Å². The number of nitrogens with zero attached hydrogens (tertiary/aromatic N) is 2. The molecular weight excluding hydrogens is 256 g/mol. The lowest BCUT2D eigenvalue weighted by Gasteiger charge is -2.32. The maximum Gasteiger partial charge on any atom is 0.128 e. The first-order valence-electron chi connectivity index (χ1n) is 5.15. The Hall–Kier alpha value is -0.610. The van der Waals surface area contributed by atoms with Crippen LogP contribution in [0.5, 0.6) is 0 Å². The van der Waals surface area contributed by atoms with E-state index in [1.54, 1.807) is 0 Å². The highest BCUT2D eigenvalue weighted by molar-refractivity contribution is 9.10. The molecule has 0 spiro atoms. The Morgan fingerprint density at radius 3 is 3.07 bits per heavy atom. The first-order chi connectivity index (χ1) is 7.16. The van der Waals surface area contributed by atoms with Gasteiger partial charge in [0, 0.05) is 23.8 Å². The zero-order valence-electron chi connectivity index (χ0n) is 9.03. The molecule has 3 nitrogen and oxygen atoms in total. The molecule has 0 N–H and O–H groups in total. The molecule has 2 heterocycles. The number of ether oxygens (including phenoxy) is 1. The van der Waals surface area contributed by atoms with Gasteiger partial charge in [-0.3, -0.25) is 0 Å². The zero-order valence-corrected chi connectivity index (χ0v) is 10.6. The summed E-state index contributed by atoms with van der Waals surface area (Å²) in [5.74, 6) is 1.05. The molecule has 0 bridgehead atoms. The van der Waals surface area contributed by atoms with Crippen LogP contribution >= 0.6 is 15.9 Å². The SMILES string of the molecule is Cc1cc(N2CCO[C@@H](C)C2)ncc1Br. The van der Waals surface area contributed by atoms with Crippen molar-refractivity contribution in [1.82, 2.24) is 4.98 Å². The van der Waals surface area contributed by atoms with E-state index >= 15 is 0 Å². The van der Waals surface area contributed by atoms with Gasteiger partial charge in [-0.15, -0.1) is 0 Å². The first kappa shape index (κ1) is 10.9. The molecule has 0 amide bonds. The lowest BCUT2D eigenvalue weighted by molar-refractivity contribution is 0.0529. The molecule has 1 fully saturated rings. The van der Waals surface area contributed by atoms with Crippen molar-refractivity contribution < 1.29 is 4.74 Å². The van der Waals surface area contributed by atoms with Gasteiger partial charge in [-0.2, -0.15) is 0 Å². The second kappa shape index (κ2) is 4.49. The normalized spacial score (nSPS) is 21.8. The number of aromatic nitrogens is 1. The molecule has 4 heteroatoms. The lowest BCUT2D eigenvalue weighted by Crippen LogP contribution is -2.41. The van der Waals surface area contributed by atoms with E-state index in [4.69, 9.17) is 4.74 Å². The van der Waals surface area contributed by atoms with E-state index in [9.17, 15) is 0 Å². The van der Waals surface area contributed by atoms with Gasteiger partial charge >= 0.3 is 0 Å². The predicted molar refractivity (Wildman–Crippen MR) is 64.3 cm³/mol. The molecule has 0 aromatic carbocycles. The second-order valence-corrected chi connectivity index (χ2v) is 4.77. The predicted octanol–water partition coefficient (Wildman–Crippen LogP) is 2.38. The highest BCUT2D eigenvalue weighted by Crippen LogP contribution is 2.21.